The topological polar surface area (TPSA) is 184 Å². The number of aromatic hydroxyl groups is 1. The number of hydrogen-bond acceptors (Lipinski definition) is 10. The van der Waals surface area contributed by atoms with Gasteiger partial charge in [-0.1, -0.05) is 6.07 Å². The molecule has 198 valence electrons. The zero-order valence-corrected chi connectivity index (χ0v) is 20.9. The number of aliphatic hydroxyl groups excluding tert-OH is 2. The van der Waals surface area contributed by atoms with Crippen molar-refractivity contribution < 1.29 is 39.5 Å². The number of nitrogens with two attached hydrogens (primary N) is 1. The maximum atomic E-state index is 13.9. The number of aliphatic hydroxyl groups is 3. The average molecular weight is 522 g/mol. The second kappa shape index (κ2) is 8.67. The Morgan fingerprint density at radius 3 is 2.53 bits per heavy atom. The quantitative estimate of drug-likeness (QED) is 0.364. The molecular weight excluding hydrogens is 494 g/mol. The molecule has 0 bridgehead atoms. The number of nitrogens with zero attached hydrogens (tertiary/aromatic N) is 2. The van der Waals surface area contributed by atoms with Crippen LogP contribution in [-0.4, -0.2) is 80.6 Å². The van der Waals surface area contributed by atoms with Crippen LogP contribution in [0.3, 0.4) is 0 Å². The van der Waals surface area contributed by atoms with Crippen LogP contribution in [0.25, 0.3) is 16.9 Å². The fourth-order valence-corrected chi connectivity index (χ4v) is 6.19. The van der Waals surface area contributed by atoms with Gasteiger partial charge in [0.15, 0.2) is 11.4 Å². The standard InChI is InChI=1S/C27H27N3O8/c1-30(2)21-16-8-11-7-15-14(12-6-13(38-3)10-29-9-12)4-5-17(31)19(15)22(32)18(11)24(34)27(16,37)25(35)20(23(21)33)26(28)36/h4-6,9-11,16,21,31-32,35,37H,7-8H2,1-3H3,(H2,28,36)/t11-,16-,21-,27-/m0/s1. The van der Waals surface area contributed by atoms with Gasteiger partial charge in [0, 0.05) is 23.3 Å². The number of phenolic OH excluding ortho intramolecular Hbond substituents is 1. The fourth-order valence-electron chi connectivity index (χ4n) is 6.19. The summed E-state index contributed by atoms with van der Waals surface area (Å²) in [5, 5.41) is 44.6. The Labute approximate surface area is 217 Å². The van der Waals surface area contributed by atoms with Gasteiger partial charge in [-0.3, -0.25) is 24.3 Å². The molecule has 1 heterocycles. The van der Waals surface area contributed by atoms with E-state index in [1.807, 2.05) is 0 Å². The summed E-state index contributed by atoms with van der Waals surface area (Å²) in [6.45, 7) is 0. The predicted octanol–water partition coefficient (Wildman–Crippen LogP) is 1.03. The number of methoxy groups -OCH3 is 1. The van der Waals surface area contributed by atoms with E-state index in [2.05, 4.69) is 4.98 Å². The molecule has 6 N–H and O–H groups in total. The van der Waals surface area contributed by atoms with Crippen LogP contribution < -0.4 is 10.5 Å². The lowest BCUT2D eigenvalue weighted by Crippen LogP contribution is -2.65. The summed E-state index contributed by atoms with van der Waals surface area (Å²) in [5.41, 5.74) is 3.49. The van der Waals surface area contributed by atoms with Crippen molar-refractivity contribution in [1.29, 1.82) is 0 Å². The molecule has 2 aromatic rings. The van der Waals surface area contributed by atoms with Crippen molar-refractivity contribution in [3.8, 4) is 22.6 Å². The van der Waals surface area contributed by atoms with Crippen LogP contribution in [0.15, 0.2) is 47.5 Å². The molecular formula is C27H27N3O8. The van der Waals surface area contributed by atoms with E-state index in [1.54, 1.807) is 32.4 Å². The highest BCUT2D eigenvalue weighted by Gasteiger charge is 2.64. The summed E-state index contributed by atoms with van der Waals surface area (Å²) in [6.07, 6.45) is 3.33. The smallest absolute Gasteiger partial charge is 0.255 e. The number of ketones is 2. The first-order valence-electron chi connectivity index (χ1n) is 11.9. The molecule has 1 saturated carbocycles. The van der Waals surface area contributed by atoms with Crippen LogP contribution in [0, 0.1) is 11.8 Å². The molecule has 0 unspecified atom stereocenters. The maximum absolute atomic E-state index is 13.9. The van der Waals surface area contributed by atoms with Crippen LogP contribution in [-0.2, 0) is 20.8 Å². The number of phenols is 1. The monoisotopic (exact) mass is 521 g/mol. The van der Waals surface area contributed by atoms with Gasteiger partial charge >= 0.3 is 0 Å². The summed E-state index contributed by atoms with van der Waals surface area (Å²) >= 11 is 0. The molecule has 0 aliphatic heterocycles. The highest BCUT2D eigenvalue weighted by Crippen LogP contribution is 2.53. The Balaban J connectivity index is 1.73. The Morgan fingerprint density at radius 2 is 1.89 bits per heavy atom. The van der Waals surface area contributed by atoms with Crippen LogP contribution in [0.4, 0.5) is 0 Å². The minimum atomic E-state index is -2.67. The lowest BCUT2D eigenvalue weighted by Gasteiger charge is -2.50. The molecule has 3 aliphatic rings. The van der Waals surface area contributed by atoms with Gasteiger partial charge in [-0.05, 0) is 56.1 Å². The van der Waals surface area contributed by atoms with Gasteiger partial charge in [-0.25, -0.2) is 0 Å². The normalized spacial score (nSPS) is 26.7. The molecule has 11 heteroatoms. The van der Waals surface area contributed by atoms with Gasteiger partial charge in [-0.15, -0.1) is 0 Å². The fraction of sp³-hybridized carbons (Fsp3) is 0.333. The van der Waals surface area contributed by atoms with E-state index < -0.39 is 58.0 Å². The number of primary amides is 1. The maximum Gasteiger partial charge on any atom is 0.255 e. The number of ether oxygens (including phenoxy) is 1. The van der Waals surface area contributed by atoms with Crippen molar-refractivity contribution in [2.24, 2.45) is 17.6 Å². The average Bonchev–Trinajstić information content (AvgIpc) is 2.86. The number of fused-ring (bicyclic) bond motifs is 3. The number of amides is 1. The lowest BCUT2D eigenvalue weighted by atomic mass is 9.57. The summed E-state index contributed by atoms with van der Waals surface area (Å²) in [7, 11) is 4.61. The van der Waals surface area contributed by atoms with E-state index in [1.165, 1.54) is 24.3 Å². The first-order valence-corrected chi connectivity index (χ1v) is 11.9. The van der Waals surface area contributed by atoms with Gasteiger partial charge < -0.3 is 30.9 Å². The summed E-state index contributed by atoms with van der Waals surface area (Å²) in [4.78, 5) is 44.8. The largest absolute Gasteiger partial charge is 0.508 e. The number of Topliss-reactive ketones (excluding diaryl/α,β-unsaturated/α-hetero) is 2. The molecule has 1 amide bonds. The molecule has 0 spiro atoms. The first-order chi connectivity index (χ1) is 17.9. The van der Waals surface area contributed by atoms with Crippen molar-refractivity contribution in [3.05, 3.63) is 58.6 Å². The van der Waals surface area contributed by atoms with Crippen molar-refractivity contribution in [3.63, 3.8) is 0 Å². The van der Waals surface area contributed by atoms with E-state index in [9.17, 15) is 34.8 Å². The number of pyridine rings is 1. The van der Waals surface area contributed by atoms with E-state index in [0.717, 1.165) is 0 Å². The number of carbonyl (C=O) groups excluding carboxylic acids is 3. The third-order valence-corrected chi connectivity index (χ3v) is 7.86. The Bertz CT molecular complexity index is 1480. The van der Waals surface area contributed by atoms with Crippen LogP contribution in [0.1, 0.15) is 17.5 Å². The molecule has 5 rings (SSSR count). The molecule has 1 aromatic heterocycles. The van der Waals surface area contributed by atoms with Crippen LogP contribution in [0.2, 0.25) is 0 Å². The number of aromatic nitrogens is 1. The van der Waals surface area contributed by atoms with Crippen molar-refractivity contribution in [1.82, 2.24) is 9.88 Å². The third kappa shape index (κ3) is 3.35. The zero-order valence-electron chi connectivity index (χ0n) is 20.9. The number of rotatable bonds is 4. The van der Waals surface area contributed by atoms with E-state index in [-0.39, 0.29) is 29.7 Å². The van der Waals surface area contributed by atoms with Crippen molar-refractivity contribution in [2.75, 3.05) is 21.2 Å². The first kappa shape index (κ1) is 25.4. The summed E-state index contributed by atoms with van der Waals surface area (Å²) < 4.78 is 5.27. The van der Waals surface area contributed by atoms with Crippen molar-refractivity contribution in [2.45, 2.75) is 24.5 Å². The van der Waals surface area contributed by atoms with E-state index in [4.69, 9.17) is 10.5 Å². The highest BCUT2D eigenvalue weighted by molar-refractivity contribution is 6.24. The Kier molecular flexibility index (Phi) is 5.80. The second-order valence-electron chi connectivity index (χ2n) is 10.1. The zero-order chi connectivity index (χ0) is 27.7. The minimum Gasteiger partial charge on any atom is -0.508 e. The van der Waals surface area contributed by atoms with Crippen LogP contribution >= 0.6 is 0 Å². The molecule has 11 nitrogen and oxygen atoms in total. The predicted molar refractivity (Wildman–Crippen MR) is 134 cm³/mol. The highest BCUT2D eigenvalue weighted by atomic mass is 16.5. The summed E-state index contributed by atoms with van der Waals surface area (Å²) in [5.74, 6) is -6.37. The molecule has 1 aromatic carbocycles. The number of benzene rings is 1. The molecule has 0 saturated heterocycles. The van der Waals surface area contributed by atoms with Gasteiger partial charge in [0.2, 0.25) is 5.78 Å². The van der Waals surface area contributed by atoms with Crippen molar-refractivity contribution >= 4 is 23.2 Å². The minimum absolute atomic E-state index is 0.0111. The number of likely N-dealkylation sites (N-methyl/N-ethyl adjacent to an activating group) is 1. The van der Waals surface area contributed by atoms with Gasteiger partial charge in [0.1, 0.15) is 28.6 Å². The molecule has 3 aliphatic carbocycles. The van der Waals surface area contributed by atoms with Gasteiger partial charge in [0.05, 0.1) is 24.9 Å². The second-order valence-corrected chi connectivity index (χ2v) is 10.1. The third-order valence-electron chi connectivity index (χ3n) is 7.86. The van der Waals surface area contributed by atoms with E-state index >= 15 is 0 Å². The Hall–Kier alpha value is -4.22. The van der Waals surface area contributed by atoms with E-state index in [0.29, 0.717) is 22.4 Å². The Morgan fingerprint density at radius 1 is 1.18 bits per heavy atom. The van der Waals surface area contributed by atoms with Gasteiger partial charge in [0.25, 0.3) is 5.91 Å². The number of carbonyl (C=O) groups is 3. The lowest BCUT2D eigenvalue weighted by molar-refractivity contribution is -0.153. The molecule has 1 fully saturated rings. The molecule has 38 heavy (non-hydrogen) atoms. The molecule has 4 atom stereocenters. The molecule has 0 radical (unpaired) electrons. The SMILES string of the molecule is COc1cncc(-c2ccc(O)c3c2C[C@H]2C[C@H]4[C@H](N(C)C)C(=O)C(C(N)=O)=C(O)[C@@]4(O)C(=O)C2=C3O)c1. The number of hydrogen-bond donors (Lipinski definition) is 5. The van der Waals surface area contributed by atoms with Crippen LogP contribution in [0.5, 0.6) is 11.5 Å². The van der Waals surface area contributed by atoms with Gasteiger partial charge in [-0.2, -0.15) is 0 Å². The summed E-state index contributed by atoms with van der Waals surface area (Å²) in [6, 6.07) is 3.65.